The molecule has 1 saturated carbocycles. The second kappa shape index (κ2) is 9.77. The molecule has 1 aromatic heterocycles. The Balaban J connectivity index is 1.59. The Hall–Kier alpha value is -3.89. The number of aromatic nitrogens is 2. The van der Waals surface area contributed by atoms with Crippen molar-refractivity contribution in [3.05, 3.63) is 52.2 Å². The summed E-state index contributed by atoms with van der Waals surface area (Å²) in [5.41, 5.74) is -2.25. The summed E-state index contributed by atoms with van der Waals surface area (Å²) in [4.78, 5) is 56.4. The molecular formula is C24H29N5O6. The largest absolute Gasteiger partial charge is 0.501 e. The van der Waals surface area contributed by atoms with Gasteiger partial charge < -0.3 is 25.4 Å². The molecule has 186 valence electrons. The van der Waals surface area contributed by atoms with Gasteiger partial charge in [0.1, 0.15) is 18.2 Å². The van der Waals surface area contributed by atoms with Crippen molar-refractivity contribution in [1.29, 1.82) is 0 Å². The van der Waals surface area contributed by atoms with Crippen molar-refractivity contribution < 1.29 is 24.2 Å². The summed E-state index contributed by atoms with van der Waals surface area (Å²) >= 11 is 0. The van der Waals surface area contributed by atoms with Gasteiger partial charge in [-0.3, -0.25) is 23.7 Å². The smallest absolute Gasteiger partial charge is 0.311 e. The first kappa shape index (κ1) is 24.2. The second-order valence-corrected chi connectivity index (χ2v) is 9.14. The van der Waals surface area contributed by atoms with E-state index in [1.54, 1.807) is 12.1 Å². The lowest BCUT2D eigenvalue weighted by Gasteiger charge is -2.37. The van der Waals surface area contributed by atoms with Crippen molar-refractivity contribution in [2.75, 3.05) is 27.2 Å². The van der Waals surface area contributed by atoms with Gasteiger partial charge in [0.05, 0.1) is 12.1 Å². The minimum atomic E-state index is -1.09. The Kier molecular flexibility index (Phi) is 6.77. The Morgan fingerprint density at radius 3 is 2.54 bits per heavy atom. The van der Waals surface area contributed by atoms with E-state index in [0.29, 0.717) is 38.0 Å². The number of likely N-dealkylation sites (N-methyl/N-ethyl adjacent to an activating group) is 1. The van der Waals surface area contributed by atoms with Crippen LogP contribution in [0, 0.1) is 5.92 Å². The molecule has 0 unspecified atom stereocenters. The van der Waals surface area contributed by atoms with Crippen LogP contribution >= 0.6 is 0 Å². The number of hydrogen-bond acceptors (Lipinski definition) is 7. The van der Waals surface area contributed by atoms with Crippen LogP contribution in [0.4, 0.5) is 0 Å². The molecule has 3 aliphatic rings. The predicted octanol–water partition coefficient (Wildman–Crippen LogP) is 0.361. The lowest BCUT2D eigenvalue weighted by atomic mass is 9.77. The third-order valence-corrected chi connectivity index (χ3v) is 6.54. The number of carbonyl (C=O) groups is 3. The van der Waals surface area contributed by atoms with Crippen LogP contribution in [0.5, 0.6) is 11.5 Å². The van der Waals surface area contributed by atoms with Gasteiger partial charge in [-0.2, -0.15) is 0 Å². The van der Waals surface area contributed by atoms with Gasteiger partial charge in [-0.05, 0) is 43.7 Å². The summed E-state index contributed by atoms with van der Waals surface area (Å²) in [5.74, 6) is -2.02. The topological polar surface area (TPSA) is 143 Å². The van der Waals surface area contributed by atoms with Crippen LogP contribution in [0.25, 0.3) is 0 Å². The molecular weight excluding hydrogens is 454 g/mol. The summed E-state index contributed by atoms with van der Waals surface area (Å²) < 4.78 is 6.88. The van der Waals surface area contributed by atoms with E-state index in [0.717, 1.165) is 0 Å². The van der Waals surface area contributed by atoms with Gasteiger partial charge in [0.15, 0.2) is 5.69 Å². The fraction of sp³-hybridized carbons (Fsp3) is 0.458. The molecule has 3 heterocycles. The van der Waals surface area contributed by atoms with E-state index in [1.807, 2.05) is 18.2 Å². The SMILES string of the molecule is CN(C)C(=O)C(=O)NC12CCC(CC1)Cn1c2nc(C(=O)NCCOc2ccccc2)c(O)c1=O. The minimum Gasteiger partial charge on any atom is -0.501 e. The van der Waals surface area contributed by atoms with Gasteiger partial charge >= 0.3 is 11.8 Å². The first-order valence-corrected chi connectivity index (χ1v) is 11.6. The monoisotopic (exact) mass is 483 g/mol. The third-order valence-electron chi connectivity index (χ3n) is 6.54. The summed E-state index contributed by atoms with van der Waals surface area (Å²) in [6.07, 6.45) is 2.34. The Bertz CT molecular complexity index is 1180. The average molecular weight is 484 g/mol. The number of ether oxygens (including phenoxy) is 1. The molecule has 1 aromatic carbocycles. The Morgan fingerprint density at radius 1 is 1.20 bits per heavy atom. The average Bonchev–Trinajstić information content (AvgIpc) is 3.10. The van der Waals surface area contributed by atoms with Crippen LogP contribution in [0.3, 0.4) is 0 Å². The van der Waals surface area contributed by atoms with Gasteiger partial charge in [-0.1, -0.05) is 18.2 Å². The summed E-state index contributed by atoms with van der Waals surface area (Å²) in [7, 11) is 2.95. The fourth-order valence-electron chi connectivity index (χ4n) is 4.66. The van der Waals surface area contributed by atoms with Gasteiger partial charge in [-0.15, -0.1) is 0 Å². The lowest BCUT2D eigenvalue weighted by molar-refractivity contribution is -0.145. The molecule has 11 heteroatoms. The number of nitrogens with zero attached hydrogens (tertiary/aromatic N) is 3. The number of fused-ring (bicyclic) bond motifs is 2. The number of para-hydroxylation sites is 1. The van der Waals surface area contributed by atoms with Crippen molar-refractivity contribution in [2.45, 2.75) is 37.8 Å². The molecule has 5 rings (SSSR count). The quantitative estimate of drug-likeness (QED) is 0.398. The molecule has 2 bridgehead atoms. The maximum atomic E-state index is 13.1. The lowest BCUT2D eigenvalue weighted by Crippen LogP contribution is -2.53. The number of carbonyl (C=O) groups excluding carboxylic acids is 3. The van der Waals surface area contributed by atoms with Gasteiger partial charge in [0.2, 0.25) is 5.75 Å². The first-order valence-electron chi connectivity index (χ1n) is 11.6. The number of nitrogens with one attached hydrogen (secondary N) is 2. The van der Waals surface area contributed by atoms with E-state index in [1.165, 1.54) is 23.6 Å². The number of benzene rings is 1. The highest BCUT2D eigenvalue weighted by molar-refractivity contribution is 6.35. The Labute approximate surface area is 202 Å². The van der Waals surface area contributed by atoms with Crippen molar-refractivity contribution in [3.8, 4) is 11.5 Å². The van der Waals surface area contributed by atoms with Gasteiger partial charge in [0.25, 0.3) is 11.5 Å². The van der Waals surface area contributed by atoms with Gasteiger partial charge in [0, 0.05) is 20.6 Å². The predicted molar refractivity (Wildman–Crippen MR) is 125 cm³/mol. The molecule has 2 aliphatic heterocycles. The standard InChI is InChI=1S/C24H29N5O6/c1-28(2)22(34)20(32)27-24-10-8-15(9-11-24)14-29-21(33)18(30)17(26-23(24)29)19(31)25-12-13-35-16-6-4-3-5-7-16/h3-7,15,30H,8-14H2,1-2H3,(H,25,31)(H,27,32). The normalized spacial score (nSPS) is 20.3. The van der Waals surface area contributed by atoms with Crippen LogP contribution in [0.2, 0.25) is 0 Å². The number of rotatable bonds is 6. The zero-order chi connectivity index (χ0) is 25.2. The highest BCUT2D eigenvalue weighted by Gasteiger charge is 2.46. The van der Waals surface area contributed by atoms with Gasteiger partial charge in [-0.25, -0.2) is 4.98 Å². The highest BCUT2D eigenvalue weighted by Crippen LogP contribution is 2.42. The molecule has 35 heavy (non-hydrogen) atoms. The van der Waals surface area contributed by atoms with E-state index in [9.17, 15) is 24.3 Å². The van der Waals surface area contributed by atoms with E-state index in [2.05, 4.69) is 15.6 Å². The molecule has 3 N–H and O–H groups in total. The van der Waals surface area contributed by atoms with Crippen LogP contribution in [-0.2, 0) is 21.7 Å². The van der Waals surface area contributed by atoms with Crippen LogP contribution in [0.15, 0.2) is 35.1 Å². The van der Waals surface area contributed by atoms with Crippen molar-refractivity contribution in [3.63, 3.8) is 0 Å². The van der Waals surface area contributed by atoms with Crippen molar-refractivity contribution >= 4 is 17.7 Å². The highest BCUT2D eigenvalue weighted by atomic mass is 16.5. The zero-order valence-electron chi connectivity index (χ0n) is 19.7. The van der Waals surface area contributed by atoms with Crippen molar-refractivity contribution in [1.82, 2.24) is 25.1 Å². The van der Waals surface area contributed by atoms with E-state index < -0.39 is 40.3 Å². The minimum absolute atomic E-state index is 0.120. The molecule has 0 saturated heterocycles. The molecule has 11 nitrogen and oxygen atoms in total. The van der Waals surface area contributed by atoms with Crippen LogP contribution < -0.4 is 20.9 Å². The van der Waals surface area contributed by atoms with Crippen molar-refractivity contribution in [2.24, 2.45) is 5.92 Å². The molecule has 0 atom stereocenters. The van der Waals surface area contributed by atoms with Crippen LogP contribution in [0.1, 0.15) is 42.0 Å². The molecule has 2 aromatic rings. The summed E-state index contributed by atoms with van der Waals surface area (Å²) in [6, 6.07) is 9.08. The Morgan fingerprint density at radius 2 is 1.89 bits per heavy atom. The maximum Gasteiger partial charge on any atom is 0.311 e. The van der Waals surface area contributed by atoms with Crippen LogP contribution in [-0.4, -0.2) is 64.5 Å². The number of aromatic hydroxyl groups is 1. The summed E-state index contributed by atoms with van der Waals surface area (Å²) in [6.45, 7) is 0.615. The number of amides is 3. The zero-order valence-corrected chi connectivity index (χ0v) is 19.7. The third kappa shape index (κ3) is 4.84. The van der Waals surface area contributed by atoms with E-state index in [-0.39, 0.29) is 24.9 Å². The summed E-state index contributed by atoms with van der Waals surface area (Å²) in [5, 5.41) is 15.9. The number of hydrogen-bond donors (Lipinski definition) is 3. The molecule has 1 fully saturated rings. The molecule has 0 spiro atoms. The maximum absolute atomic E-state index is 13.1. The molecule has 1 aliphatic carbocycles. The molecule has 3 amide bonds. The fourth-order valence-corrected chi connectivity index (χ4v) is 4.66. The first-order chi connectivity index (χ1) is 16.7. The van der Waals surface area contributed by atoms with E-state index in [4.69, 9.17) is 4.74 Å². The molecule has 0 radical (unpaired) electrons. The second-order valence-electron chi connectivity index (χ2n) is 9.14. The van der Waals surface area contributed by atoms with E-state index >= 15 is 0 Å².